The van der Waals surface area contributed by atoms with Gasteiger partial charge < -0.3 is 4.57 Å². The van der Waals surface area contributed by atoms with Crippen molar-refractivity contribution in [1.82, 2.24) is 4.57 Å². The summed E-state index contributed by atoms with van der Waals surface area (Å²) in [5.74, 6) is 0. The van der Waals surface area contributed by atoms with Crippen molar-refractivity contribution in [3.63, 3.8) is 0 Å². The first-order valence-electron chi connectivity index (χ1n) is 5.91. The Hall–Kier alpha value is -1.54. The Balaban J connectivity index is 1.86. The summed E-state index contributed by atoms with van der Waals surface area (Å²) in [6.45, 7) is 3.20. The molecule has 0 amide bonds. The predicted molar refractivity (Wildman–Crippen MR) is 74.7 cm³/mol. The third-order valence-corrected chi connectivity index (χ3v) is 4.04. The van der Waals surface area contributed by atoms with E-state index in [4.69, 9.17) is 0 Å². The van der Waals surface area contributed by atoms with E-state index in [1.54, 1.807) is 0 Å². The van der Waals surface area contributed by atoms with E-state index in [0.29, 0.717) is 0 Å². The van der Waals surface area contributed by atoms with Gasteiger partial charge in [-0.3, -0.25) is 0 Å². The number of fused-ring (bicyclic) bond motifs is 1. The number of hydrogen-bond acceptors (Lipinski definition) is 1. The summed E-state index contributed by atoms with van der Waals surface area (Å²) in [5, 5.41) is 3.49. The maximum Gasteiger partial charge on any atom is 0.0480 e. The Kier molecular flexibility index (Phi) is 2.73. The largest absolute Gasteiger partial charge is 0.347 e. The summed E-state index contributed by atoms with van der Waals surface area (Å²) in [7, 11) is 0. The molecule has 3 aromatic rings. The number of hydrogen-bond donors (Lipinski definition) is 0. The number of thiophene rings is 1. The van der Waals surface area contributed by atoms with E-state index in [9.17, 15) is 0 Å². The van der Waals surface area contributed by atoms with Crippen LogP contribution in [0.4, 0.5) is 0 Å². The molecule has 0 aliphatic rings. The van der Waals surface area contributed by atoms with Crippen LogP contribution in [-0.2, 0) is 13.0 Å². The van der Waals surface area contributed by atoms with Gasteiger partial charge in [-0.15, -0.1) is 11.3 Å². The van der Waals surface area contributed by atoms with E-state index < -0.39 is 0 Å². The third kappa shape index (κ3) is 2.13. The van der Waals surface area contributed by atoms with Crippen molar-refractivity contribution in [1.29, 1.82) is 0 Å². The standard InChI is InChI=1S/C15H15NS/c1-12-4-5-15-13(11-12)6-8-16(15)9-7-14-3-2-10-17-14/h2-6,8,10-11H,7,9H2,1H3. The fraction of sp³-hybridized carbons (Fsp3) is 0.200. The molecule has 0 saturated heterocycles. The summed E-state index contributed by atoms with van der Waals surface area (Å²) in [4.78, 5) is 1.46. The molecule has 3 rings (SSSR count). The molecule has 0 fully saturated rings. The van der Waals surface area contributed by atoms with Gasteiger partial charge in [0.2, 0.25) is 0 Å². The SMILES string of the molecule is Cc1ccc2c(ccn2CCc2cccs2)c1. The lowest BCUT2D eigenvalue weighted by Gasteiger charge is -2.04. The zero-order valence-electron chi connectivity index (χ0n) is 9.89. The fourth-order valence-corrected chi connectivity index (χ4v) is 2.90. The molecule has 0 atom stereocenters. The number of benzene rings is 1. The van der Waals surface area contributed by atoms with Gasteiger partial charge in [0.15, 0.2) is 0 Å². The number of aromatic nitrogens is 1. The van der Waals surface area contributed by atoms with Gasteiger partial charge in [-0.2, -0.15) is 0 Å². The summed E-state index contributed by atoms with van der Waals surface area (Å²) in [5.41, 5.74) is 2.67. The highest BCUT2D eigenvalue weighted by Crippen LogP contribution is 2.18. The second kappa shape index (κ2) is 4.38. The number of rotatable bonds is 3. The topological polar surface area (TPSA) is 4.93 Å². The van der Waals surface area contributed by atoms with E-state index >= 15 is 0 Å². The quantitative estimate of drug-likeness (QED) is 0.646. The van der Waals surface area contributed by atoms with Crippen LogP contribution in [0.25, 0.3) is 10.9 Å². The van der Waals surface area contributed by atoms with Crippen molar-refractivity contribution >= 4 is 22.2 Å². The molecular formula is C15H15NS. The second-order valence-corrected chi connectivity index (χ2v) is 5.43. The molecule has 0 aliphatic heterocycles. The minimum absolute atomic E-state index is 1.06. The van der Waals surface area contributed by atoms with E-state index in [0.717, 1.165) is 13.0 Å². The minimum Gasteiger partial charge on any atom is -0.347 e. The zero-order valence-corrected chi connectivity index (χ0v) is 10.7. The average molecular weight is 241 g/mol. The molecule has 1 nitrogen and oxygen atoms in total. The molecule has 2 heteroatoms. The minimum atomic E-state index is 1.06. The summed E-state index contributed by atoms with van der Waals surface area (Å²) in [6, 6.07) is 13.2. The van der Waals surface area contributed by atoms with E-state index in [2.05, 4.69) is 59.5 Å². The number of nitrogens with zero attached hydrogens (tertiary/aromatic N) is 1. The summed E-state index contributed by atoms with van der Waals surface area (Å²) in [6.07, 6.45) is 3.31. The smallest absolute Gasteiger partial charge is 0.0480 e. The van der Waals surface area contributed by atoms with Crippen molar-refractivity contribution in [2.75, 3.05) is 0 Å². The lowest BCUT2D eigenvalue weighted by Crippen LogP contribution is -1.98. The highest BCUT2D eigenvalue weighted by atomic mass is 32.1. The zero-order chi connectivity index (χ0) is 11.7. The Morgan fingerprint density at radius 3 is 2.94 bits per heavy atom. The van der Waals surface area contributed by atoms with Crippen LogP contribution in [0.5, 0.6) is 0 Å². The van der Waals surface area contributed by atoms with Crippen LogP contribution in [0.3, 0.4) is 0 Å². The molecule has 0 radical (unpaired) electrons. The van der Waals surface area contributed by atoms with Crippen LogP contribution >= 0.6 is 11.3 Å². The second-order valence-electron chi connectivity index (χ2n) is 4.40. The van der Waals surface area contributed by atoms with Gasteiger partial charge in [0.1, 0.15) is 0 Å². The molecule has 0 saturated carbocycles. The molecule has 2 heterocycles. The Morgan fingerprint density at radius 2 is 2.12 bits per heavy atom. The average Bonchev–Trinajstić information content (AvgIpc) is 2.94. The van der Waals surface area contributed by atoms with Gasteiger partial charge in [-0.25, -0.2) is 0 Å². The Labute approximate surface area is 105 Å². The van der Waals surface area contributed by atoms with Crippen LogP contribution in [0.15, 0.2) is 48.0 Å². The van der Waals surface area contributed by atoms with Gasteiger partial charge in [0, 0.05) is 23.1 Å². The van der Waals surface area contributed by atoms with Crippen LogP contribution in [0, 0.1) is 6.92 Å². The van der Waals surface area contributed by atoms with Gasteiger partial charge in [-0.05, 0) is 48.4 Å². The third-order valence-electron chi connectivity index (χ3n) is 3.11. The molecular weight excluding hydrogens is 226 g/mol. The predicted octanol–water partition coefficient (Wildman–Crippen LogP) is 4.25. The van der Waals surface area contributed by atoms with Crippen LogP contribution < -0.4 is 0 Å². The maximum atomic E-state index is 2.34. The molecule has 0 unspecified atom stereocenters. The van der Waals surface area contributed by atoms with Gasteiger partial charge in [0.05, 0.1) is 0 Å². The first kappa shape index (κ1) is 10.6. The van der Waals surface area contributed by atoms with Crippen LogP contribution in [-0.4, -0.2) is 4.57 Å². The highest BCUT2D eigenvalue weighted by molar-refractivity contribution is 7.09. The molecule has 0 bridgehead atoms. The lowest BCUT2D eigenvalue weighted by molar-refractivity contribution is 0.730. The highest BCUT2D eigenvalue weighted by Gasteiger charge is 2.01. The van der Waals surface area contributed by atoms with E-state index in [1.807, 2.05) is 11.3 Å². The Bertz CT molecular complexity index is 619. The molecule has 0 aliphatic carbocycles. The fourth-order valence-electron chi connectivity index (χ4n) is 2.20. The van der Waals surface area contributed by atoms with E-state index in [-0.39, 0.29) is 0 Å². The maximum absolute atomic E-state index is 2.34. The number of aryl methyl sites for hydroxylation is 3. The van der Waals surface area contributed by atoms with Crippen molar-refractivity contribution < 1.29 is 0 Å². The van der Waals surface area contributed by atoms with E-state index in [1.165, 1.54) is 21.3 Å². The molecule has 0 spiro atoms. The van der Waals surface area contributed by atoms with Crippen LogP contribution in [0.1, 0.15) is 10.4 Å². The Morgan fingerprint density at radius 1 is 1.18 bits per heavy atom. The van der Waals surface area contributed by atoms with Crippen molar-refractivity contribution in [2.45, 2.75) is 19.9 Å². The van der Waals surface area contributed by atoms with Crippen LogP contribution in [0.2, 0.25) is 0 Å². The monoisotopic (exact) mass is 241 g/mol. The molecule has 2 aromatic heterocycles. The van der Waals surface area contributed by atoms with Gasteiger partial charge in [-0.1, -0.05) is 17.7 Å². The van der Waals surface area contributed by atoms with Gasteiger partial charge >= 0.3 is 0 Å². The summed E-state index contributed by atoms with van der Waals surface area (Å²) >= 11 is 1.84. The van der Waals surface area contributed by atoms with Crippen molar-refractivity contribution in [2.24, 2.45) is 0 Å². The molecule has 0 N–H and O–H groups in total. The van der Waals surface area contributed by atoms with Crippen molar-refractivity contribution in [3.05, 3.63) is 58.4 Å². The van der Waals surface area contributed by atoms with Crippen molar-refractivity contribution in [3.8, 4) is 0 Å². The normalized spacial score (nSPS) is 11.1. The molecule has 17 heavy (non-hydrogen) atoms. The lowest BCUT2D eigenvalue weighted by atomic mass is 10.2. The summed E-state index contributed by atoms with van der Waals surface area (Å²) < 4.78 is 2.34. The molecule has 86 valence electrons. The van der Waals surface area contributed by atoms with Gasteiger partial charge in [0.25, 0.3) is 0 Å². The first-order chi connectivity index (χ1) is 8.33. The first-order valence-corrected chi connectivity index (χ1v) is 6.79. The molecule has 1 aromatic carbocycles.